The summed E-state index contributed by atoms with van der Waals surface area (Å²) in [6.07, 6.45) is 2.50. The van der Waals surface area contributed by atoms with Gasteiger partial charge in [0.25, 0.3) is 0 Å². The maximum Gasteiger partial charge on any atom is 0.130 e. The third kappa shape index (κ3) is 2.29. The first kappa shape index (κ1) is 13.0. The second-order valence-corrected chi connectivity index (χ2v) is 6.44. The van der Waals surface area contributed by atoms with Crippen LogP contribution in [0.3, 0.4) is 0 Å². The molecule has 2 fully saturated rings. The lowest BCUT2D eigenvalue weighted by molar-refractivity contribution is 0.120. The molecule has 3 rings (SSSR count). The monoisotopic (exact) mass is 265 g/mol. The van der Waals surface area contributed by atoms with Gasteiger partial charge >= 0.3 is 0 Å². The maximum absolute atomic E-state index is 13.7. The van der Waals surface area contributed by atoms with E-state index >= 15 is 0 Å². The van der Waals surface area contributed by atoms with Crippen LogP contribution >= 0.6 is 0 Å². The van der Waals surface area contributed by atoms with Crippen molar-refractivity contribution in [1.82, 2.24) is 4.90 Å². The largest absolute Gasteiger partial charge is 0.295 e. The molecule has 3 atom stereocenters. The molecule has 1 aromatic rings. The molecule has 0 amide bonds. The average molecular weight is 265 g/mol. The third-order valence-electron chi connectivity index (χ3n) is 4.92. The Hall–Kier alpha value is -0.960. The molecule has 104 valence electrons. The van der Waals surface area contributed by atoms with Crippen LogP contribution in [-0.4, -0.2) is 17.5 Å². The van der Waals surface area contributed by atoms with Gasteiger partial charge in [-0.3, -0.25) is 4.90 Å². The molecule has 1 aromatic carbocycles. The van der Waals surface area contributed by atoms with Crippen LogP contribution in [-0.2, 0) is 6.54 Å². The van der Waals surface area contributed by atoms with E-state index in [1.54, 1.807) is 0 Å². The number of hydrogen-bond acceptors (Lipinski definition) is 1. The molecule has 19 heavy (non-hydrogen) atoms. The lowest BCUT2D eigenvalue weighted by Crippen LogP contribution is -2.39. The van der Waals surface area contributed by atoms with E-state index in [1.165, 1.54) is 31.0 Å². The van der Waals surface area contributed by atoms with Gasteiger partial charge in [-0.1, -0.05) is 19.9 Å². The maximum atomic E-state index is 13.7. The van der Waals surface area contributed by atoms with E-state index in [2.05, 4.69) is 18.7 Å². The number of likely N-dealkylation sites (tertiary alicyclic amines) is 1. The molecule has 3 heteroatoms. The highest BCUT2D eigenvalue weighted by Crippen LogP contribution is 2.45. The smallest absolute Gasteiger partial charge is 0.130 e. The van der Waals surface area contributed by atoms with Gasteiger partial charge < -0.3 is 0 Å². The summed E-state index contributed by atoms with van der Waals surface area (Å²) < 4.78 is 27.5. The average Bonchev–Trinajstić information content (AvgIpc) is 2.93. The summed E-state index contributed by atoms with van der Waals surface area (Å²) in [4.78, 5) is 2.29. The van der Waals surface area contributed by atoms with Gasteiger partial charge in [0, 0.05) is 24.7 Å². The van der Waals surface area contributed by atoms with Crippen LogP contribution in [0.4, 0.5) is 8.78 Å². The van der Waals surface area contributed by atoms with Crippen LogP contribution in [0.25, 0.3) is 0 Å². The summed E-state index contributed by atoms with van der Waals surface area (Å²) in [5.41, 5.74) is 0.234. The second kappa shape index (κ2) is 4.86. The van der Waals surface area contributed by atoms with E-state index in [1.807, 2.05) is 0 Å². The molecule has 1 saturated heterocycles. The van der Waals surface area contributed by atoms with Crippen molar-refractivity contribution in [3.8, 4) is 0 Å². The van der Waals surface area contributed by atoms with Gasteiger partial charge in [0.2, 0.25) is 0 Å². The Morgan fingerprint density at radius 3 is 2.47 bits per heavy atom. The predicted molar refractivity (Wildman–Crippen MR) is 71.6 cm³/mol. The molecule has 1 aliphatic heterocycles. The highest BCUT2D eigenvalue weighted by Gasteiger charge is 2.45. The second-order valence-electron chi connectivity index (χ2n) is 6.44. The summed E-state index contributed by atoms with van der Waals surface area (Å²) in [5.74, 6) is 1.25. The van der Waals surface area contributed by atoms with Crippen molar-refractivity contribution in [2.45, 2.75) is 39.3 Å². The quantitative estimate of drug-likeness (QED) is 0.803. The summed E-state index contributed by atoms with van der Waals surface area (Å²) in [6, 6.07) is 4.66. The number of piperidine rings is 1. The fourth-order valence-electron chi connectivity index (χ4n) is 3.98. The molecule has 2 aliphatic rings. The molecule has 1 nitrogen and oxygen atoms in total. The van der Waals surface area contributed by atoms with E-state index in [-0.39, 0.29) is 5.56 Å². The minimum Gasteiger partial charge on any atom is -0.295 e. The zero-order chi connectivity index (χ0) is 13.6. The van der Waals surface area contributed by atoms with Crippen molar-refractivity contribution in [2.75, 3.05) is 6.54 Å². The highest BCUT2D eigenvalue weighted by atomic mass is 19.1. The lowest BCUT2D eigenvalue weighted by atomic mass is 9.87. The van der Waals surface area contributed by atoms with Gasteiger partial charge in [0.15, 0.2) is 0 Å². The Labute approximate surface area is 113 Å². The molecule has 0 spiro atoms. The van der Waals surface area contributed by atoms with Crippen LogP contribution in [0.1, 0.15) is 32.3 Å². The minimum absolute atomic E-state index is 0.234. The Morgan fingerprint density at radius 1 is 1.21 bits per heavy atom. The van der Waals surface area contributed by atoms with Crippen molar-refractivity contribution in [1.29, 1.82) is 0 Å². The number of fused-ring (bicyclic) bond motifs is 2. The SMILES string of the molecule is CC(C)C1CC2CC1N(Cc1c(F)cccc1F)C2. The van der Waals surface area contributed by atoms with Gasteiger partial charge in [-0.05, 0) is 42.7 Å². The molecule has 3 unspecified atom stereocenters. The number of nitrogens with zero attached hydrogens (tertiary/aromatic N) is 1. The molecule has 0 radical (unpaired) electrons. The summed E-state index contributed by atoms with van der Waals surface area (Å²) in [5, 5.41) is 0. The highest BCUT2D eigenvalue weighted by molar-refractivity contribution is 5.20. The van der Waals surface area contributed by atoms with Crippen molar-refractivity contribution in [3.63, 3.8) is 0 Å². The fourth-order valence-corrected chi connectivity index (χ4v) is 3.98. The van der Waals surface area contributed by atoms with Gasteiger partial charge in [-0.2, -0.15) is 0 Å². The van der Waals surface area contributed by atoms with Crippen molar-refractivity contribution < 1.29 is 8.78 Å². The Morgan fingerprint density at radius 2 is 1.89 bits per heavy atom. The van der Waals surface area contributed by atoms with E-state index in [0.29, 0.717) is 24.4 Å². The van der Waals surface area contributed by atoms with Gasteiger partial charge in [0.1, 0.15) is 11.6 Å². The first-order valence-corrected chi connectivity index (χ1v) is 7.23. The molecule has 2 bridgehead atoms. The van der Waals surface area contributed by atoms with Crippen LogP contribution < -0.4 is 0 Å². The fraction of sp³-hybridized carbons (Fsp3) is 0.625. The van der Waals surface area contributed by atoms with Crippen molar-refractivity contribution in [2.24, 2.45) is 17.8 Å². The minimum atomic E-state index is -0.413. The van der Waals surface area contributed by atoms with Gasteiger partial charge in [-0.25, -0.2) is 8.78 Å². The molecule has 0 aromatic heterocycles. The van der Waals surface area contributed by atoms with E-state index in [0.717, 1.165) is 12.5 Å². The van der Waals surface area contributed by atoms with E-state index in [4.69, 9.17) is 0 Å². The van der Waals surface area contributed by atoms with Crippen LogP contribution in [0, 0.1) is 29.4 Å². The Bertz CT molecular complexity index is 452. The third-order valence-corrected chi connectivity index (χ3v) is 4.92. The summed E-state index contributed by atoms with van der Waals surface area (Å²) in [7, 11) is 0. The van der Waals surface area contributed by atoms with Crippen molar-refractivity contribution in [3.05, 3.63) is 35.4 Å². The zero-order valence-electron chi connectivity index (χ0n) is 11.6. The van der Waals surface area contributed by atoms with Gasteiger partial charge in [0.05, 0.1) is 0 Å². The molecule has 1 saturated carbocycles. The molecule has 1 aliphatic carbocycles. The van der Waals surface area contributed by atoms with E-state index in [9.17, 15) is 8.78 Å². The topological polar surface area (TPSA) is 3.24 Å². The normalized spacial score (nSPS) is 30.5. The van der Waals surface area contributed by atoms with Crippen LogP contribution in [0.5, 0.6) is 0 Å². The summed E-state index contributed by atoms with van der Waals surface area (Å²) >= 11 is 0. The predicted octanol–water partition coefficient (Wildman–Crippen LogP) is 3.83. The lowest BCUT2D eigenvalue weighted by Gasteiger charge is -2.35. The molecular weight excluding hydrogens is 244 g/mol. The number of benzene rings is 1. The number of rotatable bonds is 3. The first-order chi connectivity index (χ1) is 9.06. The Kier molecular flexibility index (Phi) is 3.34. The van der Waals surface area contributed by atoms with E-state index < -0.39 is 11.6 Å². The number of halogens is 2. The van der Waals surface area contributed by atoms with Gasteiger partial charge in [-0.15, -0.1) is 0 Å². The standard InChI is InChI=1S/C16H21F2N/c1-10(2)12-6-11-7-16(12)19(8-11)9-13-14(17)4-3-5-15(13)18/h3-5,10-12,16H,6-9H2,1-2H3. The zero-order valence-corrected chi connectivity index (χ0v) is 11.6. The Balaban J connectivity index is 1.78. The van der Waals surface area contributed by atoms with Crippen LogP contribution in [0.2, 0.25) is 0 Å². The first-order valence-electron chi connectivity index (χ1n) is 7.23. The summed E-state index contributed by atoms with van der Waals surface area (Å²) in [6.45, 7) is 5.94. The van der Waals surface area contributed by atoms with Crippen LogP contribution in [0.15, 0.2) is 18.2 Å². The number of hydrogen-bond donors (Lipinski definition) is 0. The molecule has 1 heterocycles. The molecular formula is C16H21F2N. The van der Waals surface area contributed by atoms with Crippen molar-refractivity contribution >= 4 is 0 Å². The molecule has 0 N–H and O–H groups in total.